The zero-order valence-corrected chi connectivity index (χ0v) is 9.40. The molecule has 0 unspecified atom stereocenters. The lowest BCUT2D eigenvalue weighted by Crippen LogP contribution is -2.24. The van der Waals surface area contributed by atoms with Crippen LogP contribution in [-0.2, 0) is 6.54 Å². The summed E-state index contributed by atoms with van der Waals surface area (Å²) >= 11 is 0. The van der Waals surface area contributed by atoms with E-state index in [2.05, 4.69) is 20.3 Å². The quantitative estimate of drug-likeness (QED) is 0.542. The largest absolute Gasteiger partial charge is 0.379 e. The third-order valence-electron chi connectivity index (χ3n) is 2.30. The molecule has 0 bridgehead atoms. The Labute approximate surface area is 98.3 Å². The van der Waals surface area contributed by atoms with Crippen LogP contribution in [0.2, 0.25) is 0 Å². The number of amidine groups is 1. The number of aryl methyl sites for hydroxylation is 1. The van der Waals surface area contributed by atoms with Gasteiger partial charge in [-0.2, -0.15) is 0 Å². The van der Waals surface area contributed by atoms with E-state index in [0.717, 1.165) is 5.56 Å². The molecule has 0 saturated carbocycles. The molecule has 0 spiro atoms. The maximum Gasteiger partial charge on any atom is 0.199 e. The number of nitrogens with two attached hydrogens (primary N) is 1. The van der Waals surface area contributed by atoms with Crippen LogP contribution in [0.15, 0.2) is 28.9 Å². The van der Waals surface area contributed by atoms with Crippen molar-refractivity contribution in [2.45, 2.75) is 13.5 Å². The lowest BCUT2D eigenvalue weighted by molar-refractivity contribution is 0.308. The molecular weight excluding hydrogens is 218 g/mol. The van der Waals surface area contributed by atoms with Crippen molar-refractivity contribution < 1.29 is 4.63 Å². The van der Waals surface area contributed by atoms with E-state index in [1.807, 2.05) is 31.2 Å². The van der Waals surface area contributed by atoms with Crippen molar-refractivity contribution in [2.24, 2.45) is 0 Å². The van der Waals surface area contributed by atoms with Gasteiger partial charge in [-0.3, -0.25) is 5.41 Å². The molecule has 0 amide bonds. The fourth-order valence-corrected chi connectivity index (χ4v) is 1.47. The first-order chi connectivity index (χ1) is 8.16. The number of rotatable bonds is 3. The second-order valence-corrected chi connectivity index (χ2v) is 3.72. The highest BCUT2D eigenvalue weighted by Crippen LogP contribution is 2.06. The van der Waals surface area contributed by atoms with Crippen molar-refractivity contribution in [3.8, 4) is 0 Å². The minimum absolute atomic E-state index is 0.102. The highest BCUT2D eigenvalue weighted by molar-refractivity contribution is 5.97. The van der Waals surface area contributed by atoms with Gasteiger partial charge in [-0.1, -0.05) is 29.8 Å². The molecule has 0 aliphatic carbocycles. The fraction of sp³-hybridized carbons (Fsp3) is 0.182. The van der Waals surface area contributed by atoms with Gasteiger partial charge in [-0.15, -0.1) is 0 Å². The summed E-state index contributed by atoms with van der Waals surface area (Å²) in [6, 6.07) is 8.03. The lowest BCUT2D eigenvalue weighted by atomic mass is 10.1. The molecule has 0 aliphatic rings. The Morgan fingerprint density at radius 2 is 2.29 bits per heavy atom. The van der Waals surface area contributed by atoms with E-state index in [1.165, 1.54) is 5.56 Å². The normalized spacial score (nSPS) is 10.2. The van der Waals surface area contributed by atoms with E-state index >= 15 is 0 Å². The van der Waals surface area contributed by atoms with Crippen LogP contribution < -0.4 is 11.1 Å². The molecule has 1 heterocycles. The monoisotopic (exact) mass is 231 g/mol. The van der Waals surface area contributed by atoms with Gasteiger partial charge in [0.2, 0.25) is 0 Å². The molecule has 2 aromatic rings. The Kier molecular flexibility index (Phi) is 3.04. The van der Waals surface area contributed by atoms with Crippen LogP contribution >= 0.6 is 0 Å². The van der Waals surface area contributed by atoms with Crippen LogP contribution in [0.25, 0.3) is 0 Å². The summed E-state index contributed by atoms with van der Waals surface area (Å²) in [5, 5.41) is 17.6. The number of benzene rings is 1. The summed E-state index contributed by atoms with van der Waals surface area (Å²) in [5.41, 5.74) is 7.99. The molecular formula is C11H13N5O. The molecule has 1 aromatic heterocycles. The Balaban J connectivity index is 1.99. The van der Waals surface area contributed by atoms with E-state index in [9.17, 15) is 0 Å². The fourth-order valence-electron chi connectivity index (χ4n) is 1.47. The third-order valence-corrected chi connectivity index (χ3v) is 2.30. The summed E-state index contributed by atoms with van der Waals surface area (Å²) in [6.45, 7) is 2.56. The number of nitrogens with zero attached hydrogens (tertiary/aromatic N) is 2. The van der Waals surface area contributed by atoms with Gasteiger partial charge in [-0.05, 0) is 22.8 Å². The van der Waals surface area contributed by atoms with Crippen molar-refractivity contribution >= 4 is 11.7 Å². The highest BCUT2D eigenvalue weighted by Gasteiger charge is 2.11. The lowest BCUT2D eigenvalue weighted by Gasteiger charge is -2.06. The maximum atomic E-state index is 7.74. The molecule has 2 rings (SSSR count). The van der Waals surface area contributed by atoms with Crippen molar-refractivity contribution in [1.82, 2.24) is 15.6 Å². The Bertz CT molecular complexity index is 534. The average Bonchev–Trinajstić information content (AvgIpc) is 2.72. The molecule has 6 nitrogen and oxygen atoms in total. The van der Waals surface area contributed by atoms with Crippen LogP contribution in [0.1, 0.15) is 16.8 Å². The summed E-state index contributed by atoms with van der Waals surface area (Å²) < 4.78 is 4.43. The van der Waals surface area contributed by atoms with E-state index in [4.69, 9.17) is 11.1 Å². The number of hydrogen-bond donors (Lipinski definition) is 3. The van der Waals surface area contributed by atoms with Crippen LogP contribution in [0.4, 0.5) is 5.82 Å². The van der Waals surface area contributed by atoms with Crippen LogP contribution in [0.5, 0.6) is 0 Å². The number of aromatic nitrogens is 2. The molecule has 0 aliphatic heterocycles. The average molecular weight is 231 g/mol. The topological polar surface area (TPSA) is 101 Å². The van der Waals surface area contributed by atoms with Crippen molar-refractivity contribution in [1.29, 1.82) is 5.41 Å². The first-order valence-electron chi connectivity index (χ1n) is 5.13. The van der Waals surface area contributed by atoms with Crippen LogP contribution in [-0.4, -0.2) is 16.1 Å². The van der Waals surface area contributed by atoms with Crippen molar-refractivity contribution in [2.75, 3.05) is 5.73 Å². The molecule has 0 saturated heterocycles. The Morgan fingerprint density at radius 1 is 1.47 bits per heavy atom. The van der Waals surface area contributed by atoms with Crippen molar-refractivity contribution in [3.63, 3.8) is 0 Å². The van der Waals surface area contributed by atoms with E-state index in [1.54, 1.807) is 0 Å². The maximum absolute atomic E-state index is 7.74. The van der Waals surface area contributed by atoms with Gasteiger partial charge in [-0.25, -0.2) is 4.63 Å². The minimum atomic E-state index is 0.102. The Morgan fingerprint density at radius 3 is 2.94 bits per heavy atom. The van der Waals surface area contributed by atoms with Gasteiger partial charge in [0, 0.05) is 6.54 Å². The van der Waals surface area contributed by atoms with E-state index < -0.39 is 0 Å². The zero-order valence-electron chi connectivity index (χ0n) is 9.40. The number of hydrogen-bond acceptors (Lipinski definition) is 5. The molecule has 88 valence electrons. The Hall–Kier alpha value is -2.37. The second kappa shape index (κ2) is 4.65. The molecule has 6 heteroatoms. The molecule has 0 atom stereocenters. The molecule has 0 radical (unpaired) electrons. The molecule has 17 heavy (non-hydrogen) atoms. The SMILES string of the molecule is Cc1cccc(CNC(=N)c2nonc2N)c1. The predicted molar refractivity (Wildman–Crippen MR) is 63.6 cm³/mol. The number of nitrogen functional groups attached to an aromatic ring is 1. The van der Waals surface area contributed by atoms with Gasteiger partial charge < -0.3 is 11.1 Å². The highest BCUT2D eigenvalue weighted by atomic mass is 16.6. The summed E-state index contributed by atoms with van der Waals surface area (Å²) in [4.78, 5) is 0. The van der Waals surface area contributed by atoms with Gasteiger partial charge in [0.05, 0.1) is 0 Å². The first kappa shape index (κ1) is 11.1. The van der Waals surface area contributed by atoms with Crippen LogP contribution in [0.3, 0.4) is 0 Å². The van der Waals surface area contributed by atoms with Crippen LogP contribution in [0, 0.1) is 12.3 Å². The van der Waals surface area contributed by atoms with E-state index in [-0.39, 0.29) is 17.3 Å². The standard InChI is InChI=1S/C11H13N5O/c1-7-3-2-4-8(5-7)6-14-10(12)9-11(13)16-17-15-9/h2-5H,6H2,1H3,(H2,12,14)(H2,13,16). The third kappa shape index (κ3) is 2.60. The predicted octanol–water partition coefficient (Wildman–Crippen LogP) is 1.08. The molecule has 4 N–H and O–H groups in total. The minimum Gasteiger partial charge on any atom is -0.379 e. The van der Waals surface area contributed by atoms with E-state index in [0.29, 0.717) is 6.54 Å². The van der Waals surface area contributed by atoms with Gasteiger partial charge in [0.1, 0.15) is 0 Å². The van der Waals surface area contributed by atoms with Gasteiger partial charge in [0.25, 0.3) is 0 Å². The summed E-state index contributed by atoms with van der Waals surface area (Å²) in [5.74, 6) is 0.219. The first-order valence-corrected chi connectivity index (χ1v) is 5.13. The molecule has 1 aromatic carbocycles. The number of anilines is 1. The van der Waals surface area contributed by atoms with Gasteiger partial charge in [0.15, 0.2) is 17.3 Å². The second-order valence-electron chi connectivity index (χ2n) is 3.72. The summed E-state index contributed by atoms with van der Waals surface area (Å²) in [6.07, 6.45) is 0. The number of nitrogens with one attached hydrogen (secondary N) is 2. The smallest absolute Gasteiger partial charge is 0.199 e. The van der Waals surface area contributed by atoms with Crippen molar-refractivity contribution in [3.05, 3.63) is 41.1 Å². The summed E-state index contributed by atoms with van der Waals surface area (Å²) in [7, 11) is 0. The zero-order chi connectivity index (χ0) is 12.3. The van der Waals surface area contributed by atoms with Gasteiger partial charge >= 0.3 is 0 Å². The molecule has 0 fully saturated rings.